The monoisotopic (exact) mass is 186 g/mol. The number of nitrogens with zero attached hydrogens (tertiary/aromatic N) is 3. The van der Waals surface area contributed by atoms with Crippen LogP contribution in [-0.4, -0.2) is 15.2 Å². The van der Waals surface area contributed by atoms with Crippen LogP contribution in [0.3, 0.4) is 0 Å². The molecule has 0 amide bonds. The van der Waals surface area contributed by atoms with Gasteiger partial charge in [-0.2, -0.15) is 0 Å². The standard InChI is InChI=1S/C7H11ClN4/c1-3-4(2)7-10-6(9)5(8)11-12-7/h4H,3H2,1-2H3,(H2,9,10,12). The highest BCUT2D eigenvalue weighted by Crippen LogP contribution is 2.17. The number of aromatic nitrogens is 3. The van der Waals surface area contributed by atoms with Gasteiger partial charge in [-0.15, -0.1) is 10.2 Å². The van der Waals surface area contributed by atoms with E-state index in [1.165, 1.54) is 0 Å². The lowest BCUT2D eigenvalue weighted by Crippen LogP contribution is -2.05. The number of rotatable bonds is 2. The predicted molar refractivity (Wildman–Crippen MR) is 48.0 cm³/mol. The van der Waals surface area contributed by atoms with Crippen LogP contribution in [0.25, 0.3) is 0 Å². The first kappa shape index (κ1) is 9.19. The maximum atomic E-state index is 5.57. The van der Waals surface area contributed by atoms with Crippen molar-refractivity contribution < 1.29 is 0 Å². The van der Waals surface area contributed by atoms with Gasteiger partial charge in [0.25, 0.3) is 0 Å². The Labute approximate surface area is 76.2 Å². The number of hydrogen-bond acceptors (Lipinski definition) is 4. The molecule has 0 aliphatic carbocycles. The van der Waals surface area contributed by atoms with Crippen LogP contribution in [0.5, 0.6) is 0 Å². The van der Waals surface area contributed by atoms with E-state index in [0.29, 0.717) is 5.82 Å². The summed E-state index contributed by atoms with van der Waals surface area (Å²) in [4.78, 5) is 4.02. The second-order valence-corrected chi connectivity index (χ2v) is 3.01. The van der Waals surface area contributed by atoms with Crippen LogP contribution >= 0.6 is 11.6 Å². The third kappa shape index (κ3) is 1.82. The third-order valence-electron chi connectivity index (χ3n) is 1.74. The normalized spacial score (nSPS) is 12.9. The van der Waals surface area contributed by atoms with E-state index in [4.69, 9.17) is 17.3 Å². The smallest absolute Gasteiger partial charge is 0.193 e. The van der Waals surface area contributed by atoms with E-state index >= 15 is 0 Å². The fourth-order valence-electron chi connectivity index (χ4n) is 0.730. The summed E-state index contributed by atoms with van der Waals surface area (Å²) in [5.74, 6) is 1.18. The van der Waals surface area contributed by atoms with Crippen LogP contribution in [-0.2, 0) is 0 Å². The number of nitrogens with two attached hydrogens (primary N) is 1. The Morgan fingerprint density at radius 3 is 2.67 bits per heavy atom. The van der Waals surface area contributed by atoms with Crippen LogP contribution in [0.15, 0.2) is 0 Å². The molecule has 0 aromatic carbocycles. The molecule has 0 aliphatic heterocycles. The zero-order chi connectivity index (χ0) is 9.14. The molecule has 0 spiro atoms. The Bertz CT molecular complexity index is 276. The number of nitrogen functional groups attached to an aromatic ring is 1. The molecular weight excluding hydrogens is 176 g/mol. The van der Waals surface area contributed by atoms with Crippen molar-refractivity contribution in [3.8, 4) is 0 Å². The third-order valence-corrected chi connectivity index (χ3v) is 2.01. The Morgan fingerprint density at radius 2 is 2.17 bits per heavy atom. The molecule has 1 heterocycles. The molecule has 2 N–H and O–H groups in total. The van der Waals surface area contributed by atoms with Crippen molar-refractivity contribution in [2.24, 2.45) is 0 Å². The van der Waals surface area contributed by atoms with Gasteiger partial charge in [-0.1, -0.05) is 25.4 Å². The van der Waals surface area contributed by atoms with Crippen LogP contribution < -0.4 is 5.73 Å². The molecule has 0 fully saturated rings. The molecule has 0 aliphatic rings. The predicted octanol–water partition coefficient (Wildman–Crippen LogP) is 1.62. The van der Waals surface area contributed by atoms with Crippen molar-refractivity contribution >= 4 is 17.4 Å². The van der Waals surface area contributed by atoms with Crippen LogP contribution in [0, 0.1) is 0 Å². The second-order valence-electron chi connectivity index (χ2n) is 2.66. The minimum Gasteiger partial charge on any atom is -0.381 e. The van der Waals surface area contributed by atoms with E-state index in [0.717, 1.165) is 6.42 Å². The first-order valence-electron chi connectivity index (χ1n) is 3.80. The molecule has 66 valence electrons. The summed E-state index contributed by atoms with van der Waals surface area (Å²) in [5.41, 5.74) is 5.47. The van der Waals surface area contributed by atoms with Gasteiger partial charge in [0, 0.05) is 5.92 Å². The summed E-state index contributed by atoms with van der Waals surface area (Å²) in [7, 11) is 0. The Kier molecular flexibility index (Phi) is 2.81. The van der Waals surface area contributed by atoms with Gasteiger partial charge >= 0.3 is 0 Å². The van der Waals surface area contributed by atoms with Gasteiger partial charge in [0.2, 0.25) is 0 Å². The quantitative estimate of drug-likeness (QED) is 0.763. The first-order valence-corrected chi connectivity index (χ1v) is 4.18. The van der Waals surface area contributed by atoms with Gasteiger partial charge in [-0.05, 0) is 6.42 Å². The molecule has 1 atom stereocenters. The molecule has 0 saturated heterocycles. The van der Waals surface area contributed by atoms with E-state index < -0.39 is 0 Å². The molecule has 1 unspecified atom stereocenters. The van der Waals surface area contributed by atoms with Crippen LogP contribution in [0.1, 0.15) is 32.0 Å². The molecule has 0 saturated carbocycles. The fraction of sp³-hybridized carbons (Fsp3) is 0.571. The van der Waals surface area contributed by atoms with E-state index in [-0.39, 0.29) is 16.9 Å². The highest BCUT2D eigenvalue weighted by atomic mass is 35.5. The topological polar surface area (TPSA) is 64.7 Å². The highest BCUT2D eigenvalue weighted by molar-refractivity contribution is 6.31. The molecule has 1 aromatic heterocycles. The number of halogens is 1. The van der Waals surface area contributed by atoms with Crippen molar-refractivity contribution in [3.63, 3.8) is 0 Å². The summed E-state index contributed by atoms with van der Waals surface area (Å²) in [6.45, 7) is 4.07. The van der Waals surface area contributed by atoms with Gasteiger partial charge in [0.15, 0.2) is 16.8 Å². The lowest BCUT2D eigenvalue weighted by atomic mass is 10.1. The maximum Gasteiger partial charge on any atom is 0.193 e. The molecule has 5 heteroatoms. The summed E-state index contributed by atoms with van der Waals surface area (Å²) < 4.78 is 0. The summed E-state index contributed by atoms with van der Waals surface area (Å²) >= 11 is 5.57. The minimum atomic E-state index is 0.169. The number of anilines is 1. The lowest BCUT2D eigenvalue weighted by molar-refractivity contribution is 0.660. The van der Waals surface area contributed by atoms with Gasteiger partial charge in [-0.25, -0.2) is 4.98 Å². The van der Waals surface area contributed by atoms with Gasteiger partial charge in [0.1, 0.15) is 0 Å². The lowest BCUT2D eigenvalue weighted by Gasteiger charge is -2.05. The largest absolute Gasteiger partial charge is 0.381 e. The Morgan fingerprint density at radius 1 is 1.50 bits per heavy atom. The average Bonchev–Trinajstić information content (AvgIpc) is 2.08. The molecule has 0 radical (unpaired) electrons. The molecule has 0 bridgehead atoms. The first-order chi connectivity index (χ1) is 5.65. The molecule has 12 heavy (non-hydrogen) atoms. The zero-order valence-electron chi connectivity index (χ0n) is 7.08. The summed E-state index contributed by atoms with van der Waals surface area (Å²) in [5, 5.41) is 7.68. The van der Waals surface area contributed by atoms with Crippen molar-refractivity contribution in [3.05, 3.63) is 11.0 Å². The number of hydrogen-bond donors (Lipinski definition) is 1. The van der Waals surface area contributed by atoms with Gasteiger partial charge < -0.3 is 5.73 Å². The van der Waals surface area contributed by atoms with E-state index in [2.05, 4.69) is 22.1 Å². The zero-order valence-corrected chi connectivity index (χ0v) is 7.84. The minimum absolute atomic E-state index is 0.169. The molecule has 1 rings (SSSR count). The summed E-state index contributed by atoms with van der Waals surface area (Å²) in [6, 6.07) is 0. The van der Waals surface area contributed by atoms with E-state index in [1.54, 1.807) is 0 Å². The van der Waals surface area contributed by atoms with Crippen LogP contribution in [0.4, 0.5) is 5.82 Å². The van der Waals surface area contributed by atoms with Crippen molar-refractivity contribution in [1.82, 2.24) is 15.2 Å². The fourth-order valence-corrected chi connectivity index (χ4v) is 0.810. The Hall–Kier alpha value is -0.900. The SMILES string of the molecule is CCC(C)c1nnc(Cl)c(N)n1. The molecule has 1 aromatic rings. The van der Waals surface area contributed by atoms with Crippen molar-refractivity contribution in [1.29, 1.82) is 0 Å². The average molecular weight is 187 g/mol. The van der Waals surface area contributed by atoms with E-state index in [1.807, 2.05) is 6.92 Å². The highest BCUT2D eigenvalue weighted by Gasteiger charge is 2.09. The Balaban J connectivity index is 2.96. The summed E-state index contributed by atoms with van der Waals surface area (Å²) in [6.07, 6.45) is 0.961. The second kappa shape index (κ2) is 3.67. The van der Waals surface area contributed by atoms with Crippen molar-refractivity contribution in [2.75, 3.05) is 5.73 Å². The van der Waals surface area contributed by atoms with Crippen LogP contribution in [0.2, 0.25) is 5.15 Å². The van der Waals surface area contributed by atoms with Crippen molar-refractivity contribution in [2.45, 2.75) is 26.2 Å². The van der Waals surface area contributed by atoms with E-state index in [9.17, 15) is 0 Å². The van der Waals surface area contributed by atoms with Gasteiger partial charge in [0.05, 0.1) is 0 Å². The van der Waals surface area contributed by atoms with Gasteiger partial charge in [-0.3, -0.25) is 0 Å². The maximum absolute atomic E-state index is 5.57. The molecular formula is C7H11ClN4. The molecule has 4 nitrogen and oxygen atoms in total.